The normalized spacial score (nSPS) is 10.6. The molecule has 4 heteroatoms. The van der Waals surface area contributed by atoms with Crippen LogP contribution in [0.2, 0.25) is 0 Å². The van der Waals surface area contributed by atoms with Gasteiger partial charge in [-0.1, -0.05) is 30.3 Å². The van der Waals surface area contributed by atoms with E-state index < -0.39 is 0 Å². The maximum absolute atomic E-state index is 11.3. The van der Waals surface area contributed by atoms with Crippen molar-refractivity contribution in [2.24, 2.45) is 4.99 Å². The van der Waals surface area contributed by atoms with Crippen molar-refractivity contribution in [2.75, 3.05) is 12.8 Å². The number of aliphatic imine (C=N–C) groups is 1. The van der Waals surface area contributed by atoms with Crippen molar-refractivity contribution in [1.29, 1.82) is 0 Å². The summed E-state index contributed by atoms with van der Waals surface area (Å²) in [5, 5.41) is -0.228. The van der Waals surface area contributed by atoms with Gasteiger partial charge in [-0.05, 0) is 30.0 Å². The van der Waals surface area contributed by atoms with E-state index in [1.54, 1.807) is 13.3 Å². The Bertz CT molecular complexity index is 338. The SMILES string of the molecule is C/N=C\CCSC(=O)OCc1ccccc1. The van der Waals surface area contributed by atoms with Gasteiger partial charge in [-0.3, -0.25) is 0 Å². The summed E-state index contributed by atoms with van der Waals surface area (Å²) in [7, 11) is 1.72. The van der Waals surface area contributed by atoms with Gasteiger partial charge in [0.15, 0.2) is 0 Å². The third-order valence-electron chi connectivity index (χ3n) is 1.85. The third kappa shape index (κ3) is 5.56. The molecule has 0 aliphatic carbocycles. The molecular formula is C12H15NO2S. The van der Waals surface area contributed by atoms with Crippen LogP contribution in [-0.4, -0.2) is 24.3 Å². The molecule has 0 bridgehead atoms. The van der Waals surface area contributed by atoms with Crippen LogP contribution in [0.1, 0.15) is 12.0 Å². The zero-order chi connectivity index (χ0) is 11.6. The largest absolute Gasteiger partial charge is 0.453 e. The van der Waals surface area contributed by atoms with Crippen LogP contribution >= 0.6 is 11.8 Å². The average Bonchev–Trinajstić information content (AvgIpc) is 2.33. The van der Waals surface area contributed by atoms with Crippen molar-refractivity contribution in [1.82, 2.24) is 0 Å². The summed E-state index contributed by atoms with van der Waals surface area (Å²) in [4.78, 5) is 15.1. The van der Waals surface area contributed by atoms with E-state index in [0.717, 1.165) is 12.0 Å². The van der Waals surface area contributed by atoms with E-state index in [1.807, 2.05) is 30.3 Å². The van der Waals surface area contributed by atoms with Crippen molar-refractivity contribution in [3.05, 3.63) is 35.9 Å². The molecule has 0 spiro atoms. The highest BCUT2D eigenvalue weighted by molar-refractivity contribution is 8.13. The van der Waals surface area contributed by atoms with Gasteiger partial charge in [0.25, 0.3) is 0 Å². The molecule has 86 valence electrons. The molecule has 1 aromatic carbocycles. The highest BCUT2D eigenvalue weighted by Gasteiger charge is 2.02. The first-order valence-corrected chi connectivity index (χ1v) is 6.05. The molecule has 0 aromatic heterocycles. The fourth-order valence-electron chi connectivity index (χ4n) is 1.08. The number of benzene rings is 1. The van der Waals surface area contributed by atoms with Crippen LogP contribution in [0.3, 0.4) is 0 Å². The molecular weight excluding hydrogens is 222 g/mol. The van der Waals surface area contributed by atoms with Crippen molar-refractivity contribution < 1.29 is 9.53 Å². The lowest BCUT2D eigenvalue weighted by Gasteiger charge is -2.03. The van der Waals surface area contributed by atoms with E-state index >= 15 is 0 Å². The van der Waals surface area contributed by atoms with Gasteiger partial charge in [0, 0.05) is 12.8 Å². The van der Waals surface area contributed by atoms with Gasteiger partial charge < -0.3 is 9.73 Å². The molecule has 0 unspecified atom stereocenters. The monoisotopic (exact) mass is 237 g/mol. The Morgan fingerprint density at radius 3 is 2.88 bits per heavy atom. The summed E-state index contributed by atoms with van der Waals surface area (Å²) in [6, 6.07) is 9.65. The number of carbonyl (C=O) groups excluding carboxylic acids is 1. The molecule has 0 saturated heterocycles. The van der Waals surface area contributed by atoms with E-state index in [1.165, 1.54) is 11.8 Å². The Labute approximate surface area is 99.9 Å². The summed E-state index contributed by atoms with van der Waals surface area (Å²) >= 11 is 1.18. The number of hydrogen-bond donors (Lipinski definition) is 0. The molecule has 0 aliphatic rings. The average molecular weight is 237 g/mol. The van der Waals surface area contributed by atoms with Gasteiger partial charge in [-0.2, -0.15) is 0 Å². The van der Waals surface area contributed by atoms with Crippen LogP contribution in [-0.2, 0) is 11.3 Å². The number of nitrogens with zero attached hydrogens (tertiary/aromatic N) is 1. The van der Waals surface area contributed by atoms with Crippen LogP contribution in [0.5, 0.6) is 0 Å². The minimum atomic E-state index is -0.228. The molecule has 0 radical (unpaired) electrons. The minimum Gasteiger partial charge on any atom is -0.453 e. The molecule has 0 N–H and O–H groups in total. The van der Waals surface area contributed by atoms with Gasteiger partial charge in [0.1, 0.15) is 6.61 Å². The van der Waals surface area contributed by atoms with Crippen molar-refractivity contribution in [2.45, 2.75) is 13.0 Å². The molecule has 16 heavy (non-hydrogen) atoms. The number of carbonyl (C=O) groups is 1. The van der Waals surface area contributed by atoms with Crippen molar-refractivity contribution in [3.63, 3.8) is 0 Å². The molecule has 1 aromatic rings. The lowest BCUT2D eigenvalue weighted by molar-refractivity contribution is 0.169. The second-order valence-corrected chi connectivity index (χ2v) is 4.13. The Hall–Kier alpha value is -1.29. The Kier molecular flexibility index (Phi) is 6.33. The van der Waals surface area contributed by atoms with E-state index in [4.69, 9.17) is 4.74 Å². The zero-order valence-corrected chi connectivity index (χ0v) is 10.1. The standard InChI is InChI=1S/C12H15NO2S/c1-13-8-5-9-16-12(14)15-10-11-6-3-2-4-7-11/h2-4,6-8H,5,9-10H2,1H3/b13-8-. The Morgan fingerprint density at radius 2 is 2.19 bits per heavy atom. The molecule has 1 rings (SSSR count). The predicted octanol–water partition coefficient (Wildman–Crippen LogP) is 3.15. The summed E-state index contributed by atoms with van der Waals surface area (Å²) in [6.07, 6.45) is 2.58. The maximum Gasteiger partial charge on any atom is 0.367 e. The van der Waals surface area contributed by atoms with E-state index in [-0.39, 0.29) is 5.30 Å². The van der Waals surface area contributed by atoms with E-state index in [2.05, 4.69) is 4.99 Å². The molecule has 0 heterocycles. The van der Waals surface area contributed by atoms with Gasteiger partial charge in [-0.25, -0.2) is 4.79 Å². The first kappa shape index (κ1) is 12.8. The van der Waals surface area contributed by atoms with Crippen LogP contribution < -0.4 is 0 Å². The number of hydrogen-bond acceptors (Lipinski definition) is 4. The number of thioether (sulfide) groups is 1. The van der Waals surface area contributed by atoms with E-state index in [9.17, 15) is 4.79 Å². The Morgan fingerprint density at radius 1 is 1.44 bits per heavy atom. The third-order valence-corrected chi connectivity index (χ3v) is 2.64. The summed E-state index contributed by atoms with van der Waals surface area (Å²) in [5.74, 6) is 0.713. The number of ether oxygens (including phenoxy) is 1. The van der Waals surface area contributed by atoms with E-state index in [0.29, 0.717) is 12.4 Å². The van der Waals surface area contributed by atoms with Gasteiger partial charge in [-0.15, -0.1) is 0 Å². The molecule has 0 fully saturated rings. The van der Waals surface area contributed by atoms with Gasteiger partial charge in [0.2, 0.25) is 0 Å². The summed E-state index contributed by atoms with van der Waals surface area (Å²) in [6.45, 7) is 0.342. The quantitative estimate of drug-likeness (QED) is 0.448. The van der Waals surface area contributed by atoms with Crippen LogP contribution in [0.4, 0.5) is 4.79 Å². The molecule has 3 nitrogen and oxygen atoms in total. The number of rotatable bonds is 5. The molecule has 0 atom stereocenters. The Balaban J connectivity index is 2.15. The predicted molar refractivity (Wildman–Crippen MR) is 68.1 cm³/mol. The first-order chi connectivity index (χ1) is 7.83. The molecule has 0 saturated carbocycles. The maximum atomic E-state index is 11.3. The second-order valence-electron chi connectivity index (χ2n) is 3.10. The lowest BCUT2D eigenvalue weighted by atomic mass is 10.2. The van der Waals surface area contributed by atoms with Gasteiger partial charge >= 0.3 is 5.30 Å². The smallest absolute Gasteiger partial charge is 0.367 e. The highest BCUT2D eigenvalue weighted by Crippen LogP contribution is 2.09. The lowest BCUT2D eigenvalue weighted by Crippen LogP contribution is -1.99. The van der Waals surface area contributed by atoms with Gasteiger partial charge in [0.05, 0.1) is 0 Å². The first-order valence-electron chi connectivity index (χ1n) is 5.07. The molecule has 0 amide bonds. The zero-order valence-electron chi connectivity index (χ0n) is 9.26. The van der Waals surface area contributed by atoms with Crippen molar-refractivity contribution in [3.8, 4) is 0 Å². The summed E-state index contributed by atoms with van der Waals surface area (Å²) in [5.41, 5.74) is 1.01. The van der Waals surface area contributed by atoms with Crippen LogP contribution in [0, 0.1) is 0 Å². The van der Waals surface area contributed by atoms with Crippen LogP contribution in [0.25, 0.3) is 0 Å². The fraction of sp³-hybridized carbons (Fsp3) is 0.333. The minimum absolute atomic E-state index is 0.228. The van der Waals surface area contributed by atoms with Crippen LogP contribution in [0.15, 0.2) is 35.3 Å². The second kappa shape index (κ2) is 7.93. The topological polar surface area (TPSA) is 38.7 Å². The molecule has 0 aliphatic heterocycles. The highest BCUT2D eigenvalue weighted by atomic mass is 32.2. The fourth-order valence-corrected chi connectivity index (χ4v) is 1.61. The van der Waals surface area contributed by atoms with Crippen molar-refractivity contribution >= 4 is 23.3 Å². The summed E-state index contributed by atoms with van der Waals surface area (Å²) < 4.78 is 5.09.